The smallest absolute Gasteiger partial charge is 0.315 e. The summed E-state index contributed by atoms with van der Waals surface area (Å²) in [6.07, 6.45) is 11.3. The van der Waals surface area contributed by atoms with E-state index < -0.39 is 0 Å². The zero-order valence-corrected chi connectivity index (χ0v) is 35.2. The fraction of sp³-hybridized carbons (Fsp3) is 0.595. The van der Waals surface area contributed by atoms with Gasteiger partial charge in [0.05, 0.1) is 12.1 Å². The van der Waals surface area contributed by atoms with Gasteiger partial charge in [-0.25, -0.2) is 19.7 Å². The van der Waals surface area contributed by atoms with Gasteiger partial charge in [-0.3, -0.25) is 14.4 Å². The van der Waals surface area contributed by atoms with Gasteiger partial charge < -0.3 is 46.4 Å². The number of nitrogen functional groups attached to an aromatic ring is 1. The average molecular weight is 923 g/mol. The number of nitrogens with zero attached hydrogens (tertiary/aromatic N) is 4. The molecule has 1 unspecified atom stereocenters. The number of rotatable bonds is 23. The Balaban J connectivity index is 0.760. The van der Waals surface area contributed by atoms with Crippen molar-refractivity contribution in [1.29, 1.82) is 0 Å². The molecule has 16 nitrogen and oxygen atoms in total. The number of nitrogens with two attached hydrogens (primary N) is 1. The Kier molecular flexibility index (Phi) is 15.8. The van der Waals surface area contributed by atoms with Crippen LogP contribution in [0.3, 0.4) is 0 Å². The van der Waals surface area contributed by atoms with E-state index in [1.54, 1.807) is 0 Å². The van der Waals surface area contributed by atoms with Crippen LogP contribution in [0, 0.1) is 3.57 Å². The second-order valence-corrected chi connectivity index (χ2v) is 17.6. The van der Waals surface area contributed by atoms with Crippen LogP contribution in [-0.4, -0.2) is 92.8 Å². The van der Waals surface area contributed by atoms with E-state index in [0.717, 1.165) is 82.9 Å². The number of hydrogen-bond donors (Lipinski definition) is 6. The highest BCUT2D eigenvalue weighted by molar-refractivity contribution is 14.1. The Morgan fingerprint density at radius 2 is 1.52 bits per heavy atom. The van der Waals surface area contributed by atoms with Gasteiger partial charge in [0.1, 0.15) is 6.33 Å². The molecule has 2 aromatic heterocycles. The molecule has 0 radical (unpaired) electrons. The summed E-state index contributed by atoms with van der Waals surface area (Å²) in [5, 5.41) is 16.1. The van der Waals surface area contributed by atoms with Crippen molar-refractivity contribution in [3.8, 4) is 11.5 Å². The van der Waals surface area contributed by atoms with Crippen molar-refractivity contribution in [3.63, 3.8) is 0 Å². The minimum Gasteiger partial charge on any atom is -0.454 e. The van der Waals surface area contributed by atoms with Crippen LogP contribution in [0.2, 0.25) is 0 Å². The predicted octanol–water partition coefficient (Wildman–Crippen LogP) is 4.48. The summed E-state index contributed by atoms with van der Waals surface area (Å²) in [6.45, 7) is 2.52. The van der Waals surface area contributed by atoms with E-state index in [1.165, 1.54) is 18.1 Å². The predicted molar refractivity (Wildman–Crippen MR) is 224 cm³/mol. The minimum atomic E-state index is -0.0646. The van der Waals surface area contributed by atoms with E-state index in [0.29, 0.717) is 79.8 Å². The first-order chi connectivity index (χ1) is 27.2. The molecular formula is C37H51IN10O6S2. The summed E-state index contributed by atoms with van der Waals surface area (Å²) >= 11 is 5.66. The SMILES string of the molecule is Nc1ncnc2c1nc(Sc1cc3c(cc1I)OCO3)n2CCCNC(=O)CCCCCNC(=O)CCCCCNC(=O)CCCCC1SC[C@@H]2NC(=O)N[C@H]12. The number of urea groups is 1. The summed E-state index contributed by atoms with van der Waals surface area (Å²) < 4.78 is 14.1. The minimum absolute atomic E-state index is 0.00696. The van der Waals surface area contributed by atoms with Gasteiger partial charge in [0.15, 0.2) is 33.6 Å². The summed E-state index contributed by atoms with van der Waals surface area (Å²) in [6, 6.07) is 4.28. The number of ether oxygens (including phenoxy) is 2. The van der Waals surface area contributed by atoms with Crippen molar-refractivity contribution < 1.29 is 28.7 Å². The number of halogens is 1. The fourth-order valence-corrected chi connectivity index (χ4v) is 10.2. The van der Waals surface area contributed by atoms with Crippen molar-refractivity contribution in [2.24, 2.45) is 0 Å². The van der Waals surface area contributed by atoms with E-state index in [9.17, 15) is 19.2 Å². The highest BCUT2D eigenvalue weighted by Gasteiger charge is 2.42. The third kappa shape index (κ3) is 11.9. The third-order valence-corrected chi connectivity index (χ3v) is 13.7. The lowest BCUT2D eigenvalue weighted by Gasteiger charge is -2.16. The van der Waals surface area contributed by atoms with Crippen molar-refractivity contribution in [2.75, 3.05) is 37.9 Å². The summed E-state index contributed by atoms with van der Waals surface area (Å²) in [5.41, 5.74) is 7.31. The van der Waals surface area contributed by atoms with Crippen molar-refractivity contribution in [1.82, 2.24) is 46.1 Å². The lowest BCUT2D eigenvalue weighted by atomic mass is 10.0. The van der Waals surface area contributed by atoms with E-state index in [1.807, 2.05) is 28.5 Å². The van der Waals surface area contributed by atoms with Gasteiger partial charge >= 0.3 is 6.03 Å². The number of benzene rings is 1. The van der Waals surface area contributed by atoms with E-state index in [2.05, 4.69) is 59.1 Å². The first-order valence-corrected chi connectivity index (χ1v) is 22.4. The quantitative estimate of drug-likeness (QED) is 0.0441. The molecule has 6 rings (SSSR count). The Morgan fingerprint density at radius 3 is 2.21 bits per heavy atom. The summed E-state index contributed by atoms with van der Waals surface area (Å²) in [7, 11) is 0. The molecule has 0 aliphatic carbocycles. The lowest BCUT2D eigenvalue weighted by Crippen LogP contribution is -2.36. The molecule has 0 bridgehead atoms. The van der Waals surface area contributed by atoms with E-state index in [-0.39, 0.29) is 42.6 Å². The number of hydrogen-bond acceptors (Lipinski definition) is 12. The standard InChI is InChI=1S/C37H51IN10O6S2/c38-23-18-25-26(54-22-53-25)19-28(23)56-37-47-33-34(39)43-21-44-35(33)48(37)17-9-16-42-30(50)12-4-2-7-14-40-29(49)11-3-1-8-15-41-31(51)13-6-5-10-27-32-24(20-55-27)45-36(52)46-32/h18-19,21,24,27,32H,1-17,20,22H2,(H,40,49)(H,41,51)(H,42,50)(H2,39,43,44)(H2,45,46,52)/t24-,27?,32-/m0/s1. The highest BCUT2D eigenvalue weighted by atomic mass is 127. The van der Waals surface area contributed by atoms with Gasteiger partial charge in [0.25, 0.3) is 0 Å². The van der Waals surface area contributed by atoms with Crippen LogP contribution in [0.1, 0.15) is 83.5 Å². The molecular weight excluding hydrogens is 872 g/mol. The number of fused-ring (bicyclic) bond motifs is 3. The number of thioether (sulfide) groups is 1. The number of carbonyl (C=O) groups is 4. The molecule has 3 aliphatic rings. The second kappa shape index (κ2) is 21.2. The monoisotopic (exact) mass is 922 g/mol. The van der Waals surface area contributed by atoms with Crippen molar-refractivity contribution in [2.45, 2.75) is 117 Å². The Morgan fingerprint density at radius 1 is 0.875 bits per heavy atom. The largest absolute Gasteiger partial charge is 0.454 e. The highest BCUT2D eigenvalue weighted by Crippen LogP contribution is 2.41. The second-order valence-electron chi connectivity index (χ2n) is 14.1. The van der Waals surface area contributed by atoms with Gasteiger partial charge in [0.2, 0.25) is 24.5 Å². The zero-order valence-electron chi connectivity index (χ0n) is 31.4. The van der Waals surface area contributed by atoms with Crippen LogP contribution in [0.25, 0.3) is 11.2 Å². The molecule has 56 heavy (non-hydrogen) atoms. The first-order valence-electron chi connectivity index (χ1n) is 19.5. The first kappa shape index (κ1) is 41.9. The van der Waals surface area contributed by atoms with Gasteiger partial charge in [-0.05, 0) is 79.7 Å². The summed E-state index contributed by atoms with van der Waals surface area (Å²) in [4.78, 5) is 62.7. The van der Waals surface area contributed by atoms with Gasteiger partial charge in [-0.15, -0.1) is 0 Å². The van der Waals surface area contributed by atoms with Crippen molar-refractivity contribution in [3.05, 3.63) is 22.0 Å². The maximum Gasteiger partial charge on any atom is 0.315 e. The molecule has 304 valence electrons. The number of amides is 5. The topological polar surface area (TPSA) is 217 Å². The molecule has 5 amide bonds. The van der Waals surface area contributed by atoms with Crippen LogP contribution in [0.4, 0.5) is 10.6 Å². The number of unbranched alkanes of at least 4 members (excludes halogenated alkanes) is 5. The molecule has 3 atom stereocenters. The molecule has 1 aromatic carbocycles. The van der Waals surface area contributed by atoms with Gasteiger partial charge in [-0.1, -0.05) is 31.0 Å². The molecule has 19 heteroatoms. The van der Waals surface area contributed by atoms with Crippen LogP contribution >= 0.6 is 46.1 Å². The number of aryl methyl sites for hydroxylation is 1. The van der Waals surface area contributed by atoms with Crippen LogP contribution < -0.4 is 41.8 Å². The summed E-state index contributed by atoms with van der Waals surface area (Å²) in [5.74, 6) is 2.81. The molecule has 0 saturated carbocycles. The Labute approximate surface area is 348 Å². The Bertz CT molecular complexity index is 1850. The normalized spacial score (nSPS) is 18.1. The van der Waals surface area contributed by atoms with Crippen LogP contribution in [0.15, 0.2) is 28.5 Å². The van der Waals surface area contributed by atoms with Crippen LogP contribution in [-0.2, 0) is 20.9 Å². The van der Waals surface area contributed by atoms with E-state index >= 15 is 0 Å². The maximum atomic E-state index is 12.5. The molecule has 5 heterocycles. The molecule has 2 fully saturated rings. The maximum absolute atomic E-state index is 12.5. The van der Waals surface area contributed by atoms with Gasteiger partial charge in [0, 0.05) is 64.9 Å². The molecule has 3 aliphatic heterocycles. The van der Waals surface area contributed by atoms with Crippen molar-refractivity contribution >= 4 is 86.8 Å². The fourth-order valence-electron chi connectivity index (χ4n) is 6.92. The molecule has 2 saturated heterocycles. The average Bonchev–Trinajstić information content (AvgIpc) is 3.96. The molecule has 0 spiro atoms. The number of anilines is 1. The van der Waals surface area contributed by atoms with Gasteiger partial charge in [-0.2, -0.15) is 11.8 Å². The van der Waals surface area contributed by atoms with Crippen LogP contribution in [0.5, 0.6) is 11.5 Å². The molecule has 7 N–H and O–H groups in total. The number of nitrogens with one attached hydrogen (secondary N) is 5. The zero-order chi connectivity index (χ0) is 39.3. The Hall–Kier alpha value is -3.72. The molecule has 3 aromatic rings. The number of aromatic nitrogens is 4. The third-order valence-electron chi connectivity index (χ3n) is 9.92. The number of imidazole rings is 1. The lowest BCUT2D eigenvalue weighted by molar-refractivity contribution is -0.122. The number of carbonyl (C=O) groups excluding carboxylic acids is 4. The van der Waals surface area contributed by atoms with E-state index in [4.69, 9.17) is 20.2 Å².